The van der Waals surface area contributed by atoms with E-state index in [1.807, 2.05) is 13.8 Å². The summed E-state index contributed by atoms with van der Waals surface area (Å²) in [5, 5.41) is 11.3. The molecule has 0 aliphatic rings. The molecule has 68 valence electrons. The molecule has 0 N–H and O–H groups in total. The van der Waals surface area contributed by atoms with Gasteiger partial charge in [-0.05, 0) is 13.8 Å². The second-order valence-corrected chi connectivity index (χ2v) is 4.71. The van der Waals surface area contributed by atoms with Gasteiger partial charge in [0, 0.05) is 0 Å². The number of hydrogen-bond acceptors (Lipinski definition) is 1. The van der Waals surface area contributed by atoms with Crippen LogP contribution in [0, 0.1) is 5.21 Å². The van der Waals surface area contributed by atoms with Gasteiger partial charge in [-0.2, -0.15) is 0 Å². The van der Waals surface area contributed by atoms with Gasteiger partial charge < -0.3 is 9.85 Å². The van der Waals surface area contributed by atoms with Crippen LogP contribution in [0.2, 0.25) is 0 Å². The maximum Gasteiger partial charge on any atom is 0.0945 e. The number of halogens is 2. The Kier molecular flexibility index (Phi) is 4.71. The van der Waals surface area contributed by atoms with Crippen molar-refractivity contribution in [2.24, 2.45) is 0 Å². The molecule has 11 heavy (non-hydrogen) atoms. The maximum atomic E-state index is 11.5. The molecule has 0 fully saturated rings. The summed E-state index contributed by atoms with van der Waals surface area (Å²) in [6.45, 7) is 4.46. The van der Waals surface area contributed by atoms with E-state index in [4.69, 9.17) is 23.2 Å². The van der Waals surface area contributed by atoms with E-state index in [2.05, 4.69) is 0 Å². The quantitative estimate of drug-likeness (QED) is 0.387. The predicted molar refractivity (Wildman–Crippen MR) is 49.9 cm³/mol. The maximum absolute atomic E-state index is 11.5. The van der Waals surface area contributed by atoms with Crippen LogP contribution in [0.5, 0.6) is 0 Å². The van der Waals surface area contributed by atoms with Gasteiger partial charge in [0.05, 0.1) is 30.9 Å². The lowest BCUT2D eigenvalue weighted by molar-refractivity contribution is -0.859. The average Bonchev–Trinajstić information content (AvgIpc) is 1.53. The topological polar surface area (TPSA) is 23.1 Å². The molecule has 0 rings (SSSR count). The highest BCUT2D eigenvalue weighted by atomic mass is 35.5. The van der Waals surface area contributed by atoms with Gasteiger partial charge in [0.15, 0.2) is 0 Å². The third kappa shape index (κ3) is 6.88. The second kappa shape index (κ2) is 4.51. The number of hydroxylamine groups is 3. The van der Waals surface area contributed by atoms with Crippen LogP contribution in [0.4, 0.5) is 0 Å². The zero-order valence-electron chi connectivity index (χ0n) is 7.18. The van der Waals surface area contributed by atoms with Crippen LogP contribution in [-0.2, 0) is 0 Å². The highest BCUT2D eigenvalue weighted by Crippen LogP contribution is 2.09. The van der Waals surface area contributed by atoms with Gasteiger partial charge in [-0.1, -0.05) is 0 Å². The number of rotatable bonds is 4. The molecule has 0 heterocycles. The molecule has 0 saturated heterocycles. The Morgan fingerprint density at radius 3 is 1.64 bits per heavy atom. The van der Waals surface area contributed by atoms with Gasteiger partial charge in [-0.3, -0.25) is 0 Å². The summed E-state index contributed by atoms with van der Waals surface area (Å²) in [6.07, 6.45) is 0. The summed E-state index contributed by atoms with van der Waals surface area (Å²) in [5.74, 6) is 0. The van der Waals surface area contributed by atoms with E-state index in [0.717, 1.165) is 0 Å². The lowest BCUT2D eigenvalue weighted by Gasteiger charge is -2.40. The fourth-order valence-electron chi connectivity index (χ4n) is 1.14. The molecule has 2 nitrogen and oxygen atoms in total. The Labute approximate surface area is 78.3 Å². The third-order valence-corrected chi connectivity index (χ3v) is 1.55. The monoisotopic (exact) mass is 199 g/mol. The van der Waals surface area contributed by atoms with Crippen LogP contribution in [0.3, 0.4) is 0 Å². The normalized spacial score (nSPS) is 22.4. The fraction of sp³-hybridized carbons (Fsp3) is 1.00. The predicted octanol–water partition coefficient (Wildman–Crippen LogP) is 2.19. The van der Waals surface area contributed by atoms with E-state index in [9.17, 15) is 5.21 Å². The van der Waals surface area contributed by atoms with Crippen molar-refractivity contribution in [2.45, 2.75) is 24.6 Å². The molecule has 0 aromatic carbocycles. The van der Waals surface area contributed by atoms with Gasteiger partial charge in [0.25, 0.3) is 0 Å². The van der Waals surface area contributed by atoms with Crippen molar-refractivity contribution in [1.82, 2.24) is 0 Å². The molecule has 0 aromatic rings. The van der Waals surface area contributed by atoms with Gasteiger partial charge in [-0.15, -0.1) is 23.2 Å². The van der Waals surface area contributed by atoms with Gasteiger partial charge in [0.2, 0.25) is 0 Å². The molecule has 0 aliphatic heterocycles. The Balaban J connectivity index is 3.79. The van der Waals surface area contributed by atoms with Gasteiger partial charge in [-0.25, -0.2) is 0 Å². The van der Waals surface area contributed by atoms with Crippen molar-refractivity contribution in [3.63, 3.8) is 0 Å². The molecule has 0 aromatic heterocycles. The van der Waals surface area contributed by atoms with E-state index >= 15 is 0 Å². The van der Waals surface area contributed by atoms with Crippen LogP contribution in [0.25, 0.3) is 0 Å². The summed E-state index contributed by atoms with van der Waals surface area (Å²) < 4.78 is -0.352. The third-order valence-electron chi connectivity index (χ3n) is 1.28. The first kappa shape index (κ1) is 11.5. The summed E-state index contributed by atoms with van der Waals surface area (Å²) in [6, 6.07) is 0. The Hall–Kier alpha value is 0.500. The molecule has 2 unspecified atom stereocenters. The van der Waals surface area contributed by atoms with Crippen molar-refractivity contribution in [3.05, 3.63) is 5.21 Å². The molecule has 0 bridgehead atoms. The van der Waals surface area contributed by atoms with E-state index < -0.39 is 0 Å². The number of nitrogens with zero attached hydrogens (tertiary/aromatic N) is 1. The fourth-order valence-corrected chi connectivity index (χ4v) is 1.72. The van der Waals surface area contributed by atoms with Gasteiger partial charge in [0.1, 0.15) is 0 Å². The van der Waals surface area contributed by atoms with Crippen molar-refractivity contribution >= 4 is 23.2 Å². The zero-order chi connectivity index (χ0) is 9.07. The van der Waals surface area contributed by atoms with E-state index in [1.54, 1.807) is 7.05 Å². The highest BCUT2D eigenvalue weighted by Gasteiger charge is 2.15. The molecular formula is C7H15Cl2NO. The zero-order valence-corrected chi connectivity index (χ0v) is 8.69. The largest absolute Gasteiger partial charge is 0.633 e. The lowest BCUT2D eigenvalue weighted by atomic mass is 10.3. The van der Waals surface area contributed by atoms with Crippen molar-refractivity contribution in [2.75, 3.05) is 20.1 Å². The minimum Gasteiger partial charge on any atom is -0.633 e. The Morgan fingerprint density at radius 1 is 1.18 bits per heavy atom. The summed E-state index contributed by atoms with van der Waals surface area (Å²) in [7, 11) is 1.60. The van der Waals surface area contributed by atoms with Crippen LogP contribution in [0.15, 0.2) is 0 Å². The average molecular weight is 200 g/mol. The van der Waals surface area contributed by atoms with Crippen LogP contribution >= 0.6 is 23.2 Å². The Morgan fingerprint density at radius 2 is 1.45 bits per heavy atom. The molecule has 0 aliphatic carbocycles. The lowest BCUT2D eigenvalue weighted by Crippen LogP contribution is -2.44. The molecular weight excluding hydrogens is 185 g/mol. The van der Waals surface area contributed by atoms with Crippen LogP contribution in [-0.4, -0.2) is 35.5 Å². The van der Waals surface area contributed by atoms with Crippen molar-refractivity contribution in [1.29, 1.82) is 0 Å². The number of quaternary nitrogens is 1. The molecule has 0 saturated carbocycles. The summed E-state index contributed by atoms with van der Waals surface area (Å²) >= 11 is 11.4. The van der Waals surface area contributed by atoms with Gasteiger partial charge >= 0.3 is 0 Å². The second-order valence-electron chi connectivity index (χ2n) is 3.22. The molecule has 0 radical (unpaired) electrons. The molecule has 4 heteroatoms. The van der Waals surface area contributed by atoms with Crippen molar-refractivity contribution in [3.8, 4) is 0 Å². The van der Waals surface area contributed by atoms with Crippen molar-refractivity contribution < 1.29 is 4.65 Å². The first-order valence-corrected chi connectivity index (χ1v) is 4.54. The minimum atomic E-state index is -0.352. The number of alkyl halides is 2. The summed E-state index contributed by atoms with van der Waals surface area (Å²) in [4.78, 5) is 0. The van der Waals surface area contributed by atoms with E-state index in [1.165, 1.54) is 0 Å². The summed E-state index contributed by atoms with van der Waals surface area (Å²) in [5.41, 5.74) is 0. The molecule has 2 atom stereocenters. The Bertz CT molecular complexity index is 103. The first-order chi connectivity index (χ1) is 4.83. The SMILES string of the molecule is CC(Cl)C[N+](C)([O-])CC(C)Cl. The molecule has 0 spiro atoms. The van der Waals surface area contributed by atoms with Crippen LogP contribution in [0.1, 0.15) is 13.8 Å². The molecule has 0 amide bonds. The first-order valence-electron chi connectivity index (χ1n) is 3.67. The van der Waals surface area contributed by atoms with E-state index in [-0.39, 0.29) is 15.4 Å². The number of hydrogen-bond donors (Lipinski definition) is 0. The smallest absolute Gasteiger partial charge is 0.0945 e. The van der Waals surface area contributed by atoms with E-state index in [0.29, 0.717) is 13.1 Å². The van der Waals surface area contributed by atoms with Crippen LogP contribution < -0.4 is 0 Å². The standard InChI is InChI=1S/C7H15Cl2NO/c1-6(8)4-10(3,11)5-7(2)9/h6-7H,4-5H2,1-3H3. The minimum absolute atomic E-state index is 0.0899. The highest BCUT2D eigenvalue weighted by molar-refractivity contribution is 6.20.